The predicted molar refractivity (Wildman–Crippen MR) is 84.0 cm³/mol. The second-order valence-electron chi connectivity index (χ2n) is 4.89. The molecule has 2 aromatic rings. The molecule has 0 radical (unpaired) electrons. The van der Waals surface area contributed by atoms with Gasteiger partial charge < -0.3 is 0 Å². The Morgan fingerprint density at radius 3 is 2.68 bits per heavy atom. The molecule has 22 heavy (non-hydrogen) atoms. The first-order valence-corrected chi connectivity index (χ1v) is 9.16. The summed E-state index contributed by atoms with van der Waals surface area (Å²) in [7, 11) is -3.79. The topological polar surface area (TPSA) is 86.7 Å². The second kappa shape index (κ2) is 5.88. The fraction of sp³-hybridized carbons (Fsp3) is 0.214. The third-order valence-electron chi connectivity index (χ3n) is 3.58. The van der Waals surface area contributed by atoms with Crippen LogP contribution in [0.25, 0.3) is 10.8 Å². The molecule has 8 heteroatoms. The molecule has 3 rings (SSSR count). The molecule has 2 aromatic carbocycles. The van der Waals surface area contributed by atoms with Crippen LogP contribution in [-0.2, 0) is 14.8 Å². The summed E-state index contributed by atoms with van der Waals surface area (Å²) in [6.45, 7) is 0. The van der Waals surface area contributed by atoms with Crippen LogP contribution in [0, 0.1) is 0 Å². The zero-order chi connectivity index (χ0) is 15.7. The van der Waals surface area contributed by atoms with Crippen molar-refractivity contribution in [2.24, 2.45) is 0 Å². The van der Waals surface area contributed by atoms with Gasteiger partial charge in [0.15, 0.2) is 0 Å². The Labute approximate surface area is 132 Å². The van der Waals surface area contributed by atoms with Crippen LogP contribution in [0.1, 0.15) is 0 Å². The van der Waals surface area contributed by atoms with Crippen LogP contribution in [0.2, 0.25) is 0 Å². The molecule has 1 saturated heterocycles. The maximum Gasteiger partial charge on any atom is 0.262 e. The molecule has 6 nitrogen and oxygen atoms in total. The summed E-state index contributed by atoms with van der Waals surface area (Å²) in [5, 5.41) is 10.5. The van der Waals surface area contributed by atoms with E-state index in [9.17, 15) is 13.2 Å². The van der Waals surface area contributed by atoms with Crippen molar-refractivity contribution in [2.75, 3.05) is 11.6 Å². The van der Waals surface area contributed by atoms with E-state index in [0.717, 1.165) is 15.1 Å². The van der Waals surface area contributed by atoms with Gasteiger partial charge in [0.2, 0.25) is 10.0 Å². The predicted octanol–water partition coefficient (Wildman–Crippen LogP) is 1.41. The van der Waals surface area contributed by atoms with Gasteiger partial charge in [-0.15, -0.1) is 11.8 Å². The first-order valence-electron chi connectivity index (χ1n) is 6.56. The maximum absolute atomic E-state index is 12.8. The highest BCUT2D eigenvalue weighted by Gasteiger charge is 2.40. The number of nitrogens with one attached hydrogen (secondary N) is 1. The zero-order valence-electron chi connectivity index (χ0n) is 11.5. The minimum Gasteiger partial charge on any atom is -0.289 e. The summed E-state index contributed by atoms with van der Waals surface area (Å²) >= 11 is 1.33. The van der Waals surface area contributed by atoms with E-state index in [-0.39, 0.29) is 10.8 Å². The summed E-state index contributed by atoms with van der Waals surface area (Å²) in [5.41, 5.74) is 1.53. The van der Waals surface area contributed by atoms with Crippen LogP contribution in [-0.4, -0.2) is 41.5 Å². The van der Waals surface area contributed by atoms with Crippen LogP contribution >= 0.6 is 11.8 Å². The number of nitrogens with zero attached hydrogens (tertiary/aromatic N) is 1. The van der Waals surface area contributed by atoms with Gasteiger partial charge in [-0.1, -0.05) is 30.3 Å². The van der Waals surface area contributed by atoms with Crippen molar-refractivity contribution in [3.8, 4) is 0 Å². The third kappa shape index (κ3) is 2.58. The fourth-order valence-corrected chi connectivity index (χ4v) is 5.59. The highest BCUT2D eigenvalue weighted by atomic mass is 32.2. The number of hydrogen-bond donors (Lipinski definition) is 2. The first kappa shape index (κ1) is 15.3. The van der Waals surface area contributed by atoms with E-state index in [1.165, 1.54) is 23.3 Å². The Bertz CT molecular complexity index is 822. The molecular weight excluding hydrogens is 324 g/mol. The molecule has 1 aliphatic heterocycles. The van der Waals surface area contributed by atoms with Gasteiger partial charge in [0.25, 0.3) is 5.91 Å². The minimum absolute atomic E-state index is 0.143. The lowest BCUT2D eigenvalue weighted by Gasteiger charge is -2.21. The highest BCUT2D eigenvalue weighted by Crippen LogP contribution is 2.29. The van der Waals surface area contributed by atoms with Crippen LogP contribution in [0.15, 0.2) is 47.4 Å². The SMILES string of the molecule is O=C(NO)[C@@H]1CSCN1S(=O)(=O)c1ccc2ccccc2c1. The normalized spacial score (nSPS) is 19.4. The Hall–Kier alpha value is -1.61. The van der Waals surface area contributed by atoms with E-state index in [2.05, 4.69) is 0 Å². The van der Waals surface area contributed by atoms with Crippen molar-refractivity contribution in [3.05, 3.63) is 42.5 Å². The molecule has 0 aromatic heterocycles. The molecular formula is C14H14N2O4S2. The lowest BCUT2D eigenvalue weighted by molar-refractivity contribution is -0.132. The van der Waals surface area contributed by atoms with Crippen molar-refractivity contribution < 1.29 is 18.4 Å². The van der Waals surface area contributed by atoms with Gasteiger partial charge in [0, 0.05) is 5.75 Å². The van der Waals surface area contributed by atoms with E-state index < -0.39 is 22.0 Å². The molecule has 1 fully saturated rings. The molecule has 0 saturated carbocycles. The van der Waals surface area contributed by atoms with Crippen LogP contribution < -0.4 is 5.48 Å². The average Bonchev–Trinajstić information content (AvgIpc) is 3.04. The van der Waals surface area contributed by atoms with Gasteiger partial charge in [0.05, 0.1) is 10.8 Å². The van der Waals surface area contributed by atoms with Crippen LogP contribution in [0.3, 0.4) is 0 Å². The summed E-state index contributed by atoms with van der Waals surface area (Å²) in [6, 6.07) is 11.4. The number of benzene rings is 2. The van der Waals surface area contributed by atoms with Crippen molar-refractivity contribution >= 4 is 38.5 Å². The zero-order valence-corrected chi connectivity index (χ0v) is 13.1. The summed E-state index contributed by atoms with van der Waals surface area (Å²) < 4.78 is 26.6. The average molecular weight is 338 g/mol. The first-order chi connectivity index (χ1) is 10.5. The standard InChI is InChI=1S/C14H14N2O4S2/c17-14(15-18)13-8-21-9-16(13)22(19,20)12-6-5-10-3-1-2-4-11(10)7-12/h1-7,13,18H,8-9H2,(H,15,17)/t13-/m0/s1. The molecule has 1 heterocycles. The van der Waals surface area contributed by atoms with E-state index in [4.69, 9.17) is 5.21 Å². The lowest BCUT2D eigenvalue weighted by atomic mass is 10.1. The number of fused-ring (bicyclic) bond motifs is 1. The smallest absolute Gasteiger partial charge is 0.262 e. The van der Waals surface area contributed by atoms with Gasteiger partial charge in [-0.2, -0.15) is 4.31 Å². The molecule has 0 spiro atoms. The number of amides is 1. The van der Waals surface area contributed by atoms with Gasteiger partial charge in [-0.3, -0.25) is 10.0 Å². The monoisotopic (exact) mass is 338 g/mol. The van der Waals surface area contributed by atoms with Gasteiger partial charge in [0.1, 0.15) is 6.04 Å². The van der Waals surface area contributed by atoms with Crippen molar-refractivity contribution in [1.82, 2.24) is 9.79 Å². The van der Waals surface area contributed by atoms with E-state index >= 15 is 0 Å². The largest absolute Gasteiger partial charge is 0.289 e. The van der Waals surface area contributed by atoms with Crippen LogP contribution in [0.5, 0.6) is 0 Å². The summed E-state index contributed by atoms with van der Waals surface area (Å²) in [6.07, 6.45) is 0. The fourth-order valence-electron chi connectivity index (χ4n) is 2.41. The number of carbonyl (C=O) groups excluding carboxylic acids is 1. The Morgan fingerprint density at radius 1 is 1.23 bits per heavy atom. The number of hydroxylamine groups is 1. The van der Waals surface area contributed by atoms with Gasteiger partial charge in [-0.05, 0) is 22.9 Å². The van der Waals surface area contributed by atoms with Gasteiger partial charge >= 0.3 is 0 Å². The molecule has 0 aliphatic carbocycles. The van der Waals surface area contributed by atoms with Crippen molar-refractivity contribution in [2.45, 2.75) is 10.9 Å². The molecule has 116 valence electrons. The second-order valence-corrected chi connectivity index (χ2v) is 7.78. The number of rotatable bonds is 3. The van der Waals surface area contributed by atoms with E-state index in [0.29, 0.717) is 5.75 Å². The number of carbonyl (C=O) groups is 1. The molecule has 0 unspecified atom stereocenters. The van der Waals surface area contributed by atoms with Crippen molar-refractivity contribution in [3.63, 3.8) is 0 Å². The third-order valence-corrected chi connectivity index (χ3v) is 6.61. The van der Waals surface area contributed by atoms with Gasteiger partial charge in [-0.25, -0.2) is 13.9 Å². The molecule has 2 N–H and O–H groups in total. The lowest BCUT2D eigenvalue weighted by Crippen LogP contribution is -2.46. The minimum atomic E-state index is -3.79. The van der Waals surface area contributed by atoms with E-state index in [1.54, 1.807) is 12.1 Å². The van der Waals surface area contributed by atoms with E-state index in [1.807, 2.05) is 24.3 Å². The maximum atomic E-state index is 12.8. The number of hydrogen-bond acceptors (Lipinski definition) is 5. The highest BCUT2D eigenvalue weighted by molar-refractivity contribution is 8.00. The molecule has 1 atom stereocenters. The summed E-state index contributed by atoms with van der Waals surface area (Å²) in [5.74, 6) is -0.207. The Balaban J connectivity index is 2.02. The quantitative estimate of drug-likeness (QED) is 0.653. The molecule has 0 bridgehead atoms. The van der Waals surface area contributed by atoms with Crippen molar-refractivity contribution in [1.29, 1.82) is 0 Å². The van der Waals surface area contributed by atoms with Crippen LogP contribution in [0.4, 0.5) is 0 Å². The Kier molecular flexibility index (Phi) is 4.09. The molecule has 1 aliphatic rings. The summed E-state index contributed by atoms with van der Waals surface area (Å²) in [4.78, 5) is 11.8. The Morgan fingerprint density at radius 2 is 1.95 bits per heavy atom. The molecule has 1 amide bonds. The number of sulfonamides is 1. The number of thioether (sulfide) groups is 1.